The minimum absolute atomic E-state index is 0.345. The molecule has 0 aliphatic rings. The molecular formula is C13H14N4O4. The fraction of sp³-hybridized carbons (Fsp3) is 0.154. The molecule has 0 atom stereocenters. The van der Waals surface area contributed by atoms with Gasteiger partial charge in [-0.25, -0.2) is 9.59 Å². The van der Waals surface area contributed by atoms with E-state index in [0.717, 1.165) is 5.56 Å². The molecule has 0 fully saturated rings. The van der Waals surface area contributed by atoms with Gasteiger partial charge in [0.2, 0.25) is 0 Å². The van der Waals surface area contributed by atoms with E-state index in [4.69, 9.17) is 9.84 Å². The van der Waals surface area contributed by atoms with Crippen molar-refractivity contribution in [2.75, 3.05) is 11.9 Å². The number of anilines is 1. The fourth-order valence-corrected chi connectivity index (χ4v) is 1.54. The van der Waals surface area contributed by atoms with Crippen LogP contribution in [0.4, 0.5) is 10.5 Å². The summed E-state index contributed by atoms with van der Waals surface area (Å²) in [5, 5.41) is 20.2. The molecule has 0 spiro atoms. The molecular weight excluding hydrogens is 276 g/mol. The Labute approximate surface area is 120 Å². The summed E-state index contributed by atoms with van der Waals surface area (Å²) in [6.07, 6.45) is 3.29. The predicted molar refractivity (Wildman–Crippen MR) is 74.0 cm³/mol. The van der Waals surface area contributed by atoms with E-state index in [1.807, 2.05) is 0 Å². The number of H-pyrrole nitrogens is 1. The summed E-state index contributed by atoms with van der Waals surface area (Å²) in [6, 6.07) is 6.10. The molecule has 0 saturated carbocycles. The Morgan fingerprint density at radius 3 is 2.95 bits per heavy atom. The number of carboxylic acid groups (broad SMARTS) is 1. The topological polar surface area (TPSA) is 116 Å². The summed E-state index contributed by atoms with van der Waals surface area (Å²) in [5.74, 6) is -0.698. The zero-order valence-corrected chi connectivity index (χ0v) is 11.0. The zero-order valence-electron chi connectivity index (χ0n) is 11.0. The van der Waals surface area contributed by atoms with Gasteiger partial charge in [-0.15, -0.1) is 0 Å². The maximum absolute atomic E-state index is 11.7. The maximum Gasteiger partial charge on any atom is 0.341 e. The number of rotatable bonds is 6. The Morgan fingerprint density at radius 2 is 2.24 bits per heavy atom. The number of hydrogen-bond donors (Lipinski definition) is 4. The minimum Gasteiger partial charge on any atom is -0.482 e. The molecule has 1 aromatic carbocycles. The Kier molecular flexibility index (Phi) is 4.75. The van der Waals surface area contributed by atoms with Crippen LogP contribution in [-0.2, 0) is 11.3 Å². The van der Waals surface area contributed by atoms with Gasteiger partial charge in [-0.2, -0.15) is 5.10 Å². The van der Waals surface area contributed by atoms with Crippen molar-refractivity contribution in [2.24, 2.45) is 0 Å². The number of nitrogens with one attached hydrogen (secondary N) is 3. The standard InChI is InChI=1S/C13H14N4O4/c18-12(19)8-21-11-3-1-2-10(4-11)17-13(20)14-5-9-6-15-16-7-9/h1-4,6-7H,5,8H2,(H,15,16)(H,18,19)(H2,14,17,20). The van der Waals surface area contributed by atoms with E-state index in [1.54, 1.807) is 36.7 Å². The number of hydrogen-bond acceptors (Lipinski definition) is 4. The molecule has 0 saturated heterocycles. The highest BCUT2D eigenvalue weighted by molar-refractivity contribution is 5.89. The zero-order chi connectivity index (χ0) is 15.1. The molecule has 0 aliphatic carbocycles. The number of amides is 2. The van der Waals surface area contributed by atoms with Crippen molar-refractivity contribution in [3.63, 3.8) is 0 Å². The molecule has 1 heterocycles. The maximum atomic E-state index is 11.7. The third-order valence-corrected chi connectivity index (χ3v) is 2.46. The van der Waals surface area contributed by atoms with Crippen LogP contribution in [0.15, 0.2) is 36.7 Å². The van der Waals surface area contributed by atoms with E-state index in [1.165, 1.54) is 0 Å². The Balaban J connectivity index is 1.85. The largest absolute Gasteiger partial charge is 0.482 e. The normalized spacial score (nSPS) is 9.90. The predicted octanol–water partition coefficient (Wildman–Crippen LogP) is 1.19. The number of carboxylic acids is 1. The average Bonchev–Trinajstić information content (AvgIpc) is 2.97. The third kappa shape index (κ3) is 4.86. The highest BCUT2D eigenvalue weighted by Crippen LogP contribution is 2.17. The molecule has 0 aliphatic heterocycles. The van der Waals surface area contributed by atoms with E-state index >= 15 is 0 Å². The van der Waals surface area contributed by atoms with Crippen molar-refractivity contribution >= 4 is 17.7 Å². The Bertz CT molecular complexity index is 612. The van der Waals surface area contributed by atoms with Crippen LogP contribution in [0.3, 0.4) is 0 Å². The van der Waals surface area contributed by atoms with E-state index in [2.05, 4.69) is 20.8 Å². The van der Waals surface area contributed by atoms with Gasteiger partial charge in [0.25, 0.3) is 0 Å². The van der Waals surface area contributed by atoms with Gasteiger partial charge in [0.15, 0.2) is 6.61 Å². The number of aliphatic carboxylic acids is 1. The Hall–Kier alpha value is -3.03. The highest BCUT2D eigenvalue weighted by atomic mass is 16.5. The molecule has 2 aromatic rings. The Morgan fingerprint density at radius 1 is 1.38 bits per heavy atom. The fourth-order valence-electron chi connectivity index (χ4n) is 1.54. The van der Waals surface area contributed by atoms with Crippen LogP contribution >= 0.6 is 0 Å². The minimum atomic E-state index is -1.06. The van der Waals surface area contributed by atoms with E-state index in [0.29, 0.717) is 18.0 Å². The van der Waals surface area contributed by atoms with E-state index in [9.17, 15) is 9.59 Å². The van der Waals surface area contributed by atoms with Crippen molar-refractivity contribution in [3.05, 3.63) is 42.2 Å². The number of benzene rings is 1. The van der Waals surface area contributed by atoms with Crippen molar-refractivity contribution in [2.45, 2.75) is 6.54 Å². The first-order valence-electron chi connectivity index (χ1n) is 6.10. The summed E-state index contributed by atoms with van der Waals surface area (Å²) in [5.41, 5.74) is 1.35. The SMILES string of the molecule is O=C(O)COc1cccc(NC(=O)NCc2cn[nH]c2)c1. The van der Waals surface area contributed by atoms with Crippen molar-refractivity contribution in [3.8, 4) is 5.75 Å². The van der Waals surface area contributed by atoms with Gasteiger partial charge in [0.1, 0.15) is 5.75 Å². The van der Waals surface area contributed by atoms with Gasteiger partial charge in [0.05, 0.1) is 6.20 Å². The molecule has 2 rings (SSSR count). The van der Waals surface area contributed by atoms with E-state index < -0.39 is 12.6 Å². The molecule has 8 nitrogen and oxygen atoms in total. The lowest BCUT2D eigenvalue weighted by Gasteiger charge is -2.08. The van der Waals surface area contributed by atoms with Crippen LogP contribution in [0.25, 0.3) is 0 Å². The molecule has 1 aromatic heterocycles. The summed E-state index contributed by atoms with van der Waals surface area (Å²) < 4.78 is 5.02. The van der Waals surface area contributed by atoms with Crippen LogP contribution < -0.4 is 15.4 Å². The van der Waals surface area contributed by atoms with Gasteiger partial charge >= 0.3 is 12.0 Å². The lowest BCUT2D eigenvalue weighted by atomic mass is 10.3. The first kappa shape index (κ1) is 14.4. The van der Waals surface area contributed by atoms with Crippen LogP contribution in [0.1, 0.15) is 5.56 Å². The second-order valence-corrected chi connectivity index (χ2v) is 4.12. The summed E-state index contributed by atoms with van der Waals surface area (Å²) >= 11 is 0. The number of carbonyl (C=O) groups is 2. The quantitative estimate of drug-likeness (QED) is 0.637. The van der Waals surface area contributed by atoms with Crippen molar-refractivity contribution < 1.29 is 19.4 Å². The van der Waals surface area contributed by atoms with Crippen LogP contribution in [-0.4, -0.2) is 33.9 Å². The summed E-state index contributed by atoms with van der Waals surface area (Å²) in [4.78, 5) is 22.1. The lowest BCUT2D eigenvalue weighted by molar-refractivity contribution is -0.139. The molecule has 4 N–H and O–H groups in total. The monoisotopic (exact) mass is 290 g/mol. The first-order valence-corrected chi connectivity index (χ1v) is 6.10. The molecule has 0 radical (unpaired) electrons. The number of urea groups is 1. The second-order valence-electron chi connectivity index (χ2n) is 4.12. The van der Waals surface area contributed by atoms with Crippen molar-refractivity contribution in [1.82, 2.24) is 15.5 Å². The number of nitrogens with zero attached hydrogens (tertiary/aromatic N) is 1. The molecule has 8 heteroatoms. The molecule has 2 amide bonds. The van der Waals surface area contributed by atoms with Gasteiger partial charge < -0.3 is 20.5 Å². The molecule has 110 valence electrons. The summed E-state index contributed by atoms with van der Waals surface area (Å²) in [6.45, 7) is -0.0896. The highest BCUT2D eigenvalue weighted by Gasteiger charge is 2.04. The van der Waals surface area contributed by atoms with Gasteiger partial charge in [-0.05, 0) is 12.1 Å². The number of aromatic amines is 1. The van der Waals surface area contributed by atoms with Crippen LogP contribution in [0.2, 0.25) is 0 Å². The van der Waals surface area contributed by atoms with Crippen molar-refractivity contribution in [1.29, 1.82) is 0 Å². The number of carbonyl (C=O) groups excluding carboxylic acids is 1. The number of ether oxygens (including phenoxy) is 1. The second kappa shape index (κ2) is 6.94. The summed E-state index contributed by atoms with van der Waals surface area (Å²) in [7, 11) is 0. The number of aromatic nitrogens is 2. The first-order chi connectivity index (χ1) is 10.1. The van der Waals surface area contributed by atoms with Crippen LogP contribution in [0, 0.1) is 0 Å². The van der Waals surface area contributed by atoms with Gasteiger partial charge in [0, 0.05) is 30.1 Å². The van der Waals surface area contributed by atoms with Crippen LogP contribution in [0.5, 0.6) is 5.75 Å². The van der Waals surface area contributed by atoms with Gasteiger partial charge in [-0.1, -0.05) is 6.07 Å². The molecule has 0 bridgehead atoms. The van der Waals surface area contributed by atoms with Gasteiger partial charge in [-0.3, -0.25) is 5.10 Å². The third-order valence-electron chi connectivity index (χ3n) is 2.46. The molecule has 21 heavy (non-hydrogen) atoms. The molecule has 0 unspecified atom stereocenters. The lowest BCUT2D eigenvalue weighted by Crippen LogP contribution is -2.28. The van der Waals surface area contributed by atoms with E-state index in [-0.39, 0.29) is 6.03 Å². The average molecular weight is 290 g/mol. The smallest absolute Gasteiger partial charge is 0.341 e.